The monoisotopic (exact) mass is 277 g/mol. The maximum atomic E-state index is 5.90. The predicted molar refractivity (Wildman–Crippen MR) is 86.6 cm³/mol. The summed E-state index contributed by atoms with van der Waals surface area (Å²) in [6.45, 7) is 5.02. The third-order valence-electron chi connectivity index (χ3n) is 3.65. The van der Waals surface area contributed by atoms with E-state index in [1.165, 1.54) is 11.1 Å². The Kier molecular flexibility index (Phi) is 3.35. The molecular formula is C19H19NO. The molecule has 0 bridgehead atoms. The number of fused-ring (bicyclic) bond motifs is 1. The number of terminal acetylenes is 1. The van der Waals surface area contributed by atoms with Gasteiger partial charge in [0.15, 0.2) is 0 Å². The Morgan fingerprint density at radius 2 is 2.10 bits per heavy atom. The lowest BCUT2D eigenvalue weighted by Gasteiger charge is -2.16. The normalized spacial score (nSPS) is 14.9. The average molecular weight is 277 g/mol. The number of nitrogens with one attached hydrogen (secondary N) is 1. The fraction of sp³-hybridized carbons (Fsp3) is 0.263. The number of benzene rings is 2. The van der Waals surface area contributed by atoms with Gasteiger partial charge in [-0.1, -0.05) is 24.1 Å². The highest BCUT2D eigenvalue weighted by Crippen LogP contribution is 2.35. The van der Waals surface area contributed by atoms with Gasteiger partial charge in [-0.05, 0) is 49.2 Å². The molecule has 2 aromatic rings. The molecule has 1 heterocycles. The standard InChI is InChI=1S/C19H19NO/c1-4-14-6-5-7-17(11-14)20-13-15-8-9-18-16(10-15)12-19(2,3)21-18/h1,5-11,20H,12-13H2,2-3H3. The third-order valence-corrected chi connectivity index (χ3v) is 3.65. The summed E-state index contributed by atoms with van der Waals surface area (Å²) in [5.74, 6) is 3.66. The zero-order chi connectivity index (χ0) is 14.9. The van der Waals surface area contributed by atoms with Crippen molar-refractivity contribution in [2.24, 2.45) is 0 Å². The summed E-state index contributed by atoms with van der Waals surface area (Å²) in [6, 6.07) is 14.3. The van der Waals surface area contributed by atoms with Gasteiger partial charge in [-0.3, -0.25) is 0 Å². The molecule has 21 heavy (non-hydrogen) atoms. The molecule has 0 saturated carbocycles. The Morgan fingerprint density at radius 3 is 2.90 bits per heavy atom. The first-order chi connectivity index (χ1) is 10.1. The van der Waals surface area contributed by atoms with Crippen LogP contribution in [0, 0.1) is 12.3 Å². The average Bonchev–Trinajstić information content (AvgIpc) is 2.78. The van der Waals surface area contributed by atoms with Gasteiger partial charge in [-0.25, -0.2) is 0 Å². The van der Waals surface area contributed by atoms with E-state index in [-0.39, 0.29) is 5.60 Å². The molecule has 0 aliphatic carbocycles. The molecule has 0 radical (unpaired) electrons. The van der Waals surface area contributed by atoms with Crippen molar-refractivity contribution >= 4 is 5.69 Å². The lowest BCUT2D eigenvalue weighted by molar-refractivity contribution is 0.138. The summed E-state index contributed by atoms with van der Waals surface area (Å²) in [4.78, 5) is 0. The van der Waals surface area contributed by atoms with Gasteiger partial charge in [-0.2, -0.15) is 0 Å². The molecular weight excluding hydrogens is 258 g/mol. The lowest BCUT2D eigenvalue weighted by atomic mass is 10.0. The molecule has 0 aromatic heterocycles. The number of anilines is 1. The fourth-order valence-electron chi connectivity index (χ4n) is 2.70. The van der Waals surface area contributed by atoms with Crippen molar-refractivity contribution in [1.82, 2.24) is 0 Å². The van der Waals surface area contributed by atoms with Gasteiger partial charge in [0, 0.05) is 24.2 Å². The Balaban J connectivity index is 1.71. The maximum absolute atomic E-state index is 5.90. The number of rotatable bonds is 3. The molecule has 1 N–H and O–H groups in total. The van der Waals surface area contributed by atoms with Crippen molar-refractivity contribution in [2.75, 3.05) is 5.32 Å². The number of hydrogen-bond acceptors (Lipinski definition) is 2. The number of ether oxygens (including phenoxy) is 1. The van der Waals surface area contributed by atoms with Crippen molar-refractivity contribution in [2.45, 2.75) is 32.4 Å². The molecule has 0 saturated heterocycles. The predicted octanol–water partition coefficient (Wildman–Crippen LogP) is 3.99. The summed E-state index contributed by atoms with van der Waals surface area (Å²) in [7, 11) is 0. The van der Waals surface area contributed by atoms with Gasteiger partial charge in [0.1, 0.15) is 11.4 Å². The summed E-state index contributed by atoms with van der Waals surface area (Å²) in [6.07, 6.45) is 6.38. The lowest BCUT2D eigenvalue weighted by Crippen LogP contribution is -2.24. The third kappa shape index (κ3) is 3.03. The molecule has 2 nitrogen and oxygen atoms in total. The van der Waals surface area contributed by atoms with Crippen LogP contribution in [0.2, 0.25) is 0 Å². The van der Waals surface area contributed by atoms with Crippen LogP contribution in [0.5, 0.6) is 5.75 Å². The van der Waals surface area contributed by atoms with E-state index in [4.69, 9.17) is 11.2 Å². The maximum Gasteiger partial charge on any atom is 0.123 e. The SMILES string of the molecule is C#Cc1cccc(NCc2ccc3c(c2)CC(C)(C)O3)c1. The van der Waals surface area contributed by atoms with Gasteiger partial charge in [-0.15, -0.1) is 6.42 Å². The van der Waals surface area contributed by atoms with Crippen LogP contribution < -0.4 is 10.1 Å². The zero-order valence-corrected chi connectivity index (χ0v) is 12.4. The summed E-state index contributed by atoms with van der Waals surface area (Å²) < 4.78 is 5.90. The second-order valence-corrected chi connectivity index (χ2v) is 6.06. The Hall–Kier alpha value is -2.40. The molecule has 2 heteroatoms. The Labute approximate surface area is 126 Å². The number of hydrogen-bond donors (Lipinski definition) is 1. The van der Waals surface area contributed by atoms with Crippen LogP contribution in [0.25, 0.3) is 0 Å². The van der Waals surface area contributed by atoms with Crippen LogP contribution in [0.3, 0.4) is 0 Å². The molecule has 106 valence electrons. The van der Waals surface area contributed by atoms with Gasteiger partial charge < -0.3 is 10.1 Å². The van der Waals surface area contributed by atoms with Crippen LogP contribution in [0.4, 0.5) is 5.69 Å². The van der Waals surface area contributed by atoms with Crippen LogP contribution in [-0.2, 0) is 13.0 Å². The molecule has 0 unspecified atom stereocenters. The smallest absolute Gasteiger partial charge is 0.123 e. The minimum atomic E-state index is -0.0878. The minimum Gasteiger partial charge on any atom is -0.487 e. The zero-order valence-electron chi connectivity index (χ0n) is 12.4. The van der Waals surface area contributed by atoms with E-state index in [0.717, 1.165) is 30.0 Å². The van der Waals surface area contributed by atoms with E-state index in [1.807, 2.05) is 24.3 Å². The van der Waals surface area contributed by atoms with Crippen molar-refractivity contribution in [3.63, 3.8) is 0 Å². The van der Waals surface area contributed by atoms with E-state index in [1.54, 1.807) is 0 Å². The van der Waals surface area contributed by atoms with E-state index < -0.39 is 0 Å². The van der Waals surface area contributed by atoms with Crippen molar-refractivity contribution in [3.05, 3.63) is 59.2 Å². The van der Waals surface area contributed by atoms with Crippen molar-refractivity contribution in [3.8, 4) is 18.1 Å². The Morgan fingerprint density at radius 1 is 1.24 bits per heavy atom. The molecule has 0 atom stereocenters. The van der Waals surface area contributed by atoms with E-state index in [0.29, 0.717) is 0 Å². The minimum absolute atomic E-state index is 0.0878. The van der Waals surface area contributed by atoms with Crippen LogP contribution in [0.1, 0.15) is 30.5 Å². The first-order valence-electron chi connectivity index (χ1n) is 7.17. The van der Waals surface area contributed by atoms with E-state index >= 15 is 0 Å². The largest absolute Gasteiger partial charge is 0.487 e. The van der Waals surface area contributed by atoms with Crippen molar-refractivity contribution in [1.29, 1.82) is 0 Å². The highest BCUT2D eigenvalue weighted by Gasteiger charge is 2.29. The molecule has 2 aromatic carbocycles. The highest BCUT2D eigenvalue weighted by molar-refractivity contribution is 5.51. The molecule has 0 amide bonds. The van der Waals surface area contributed by atoms with E-state index in [9.17, 15) is 0 Å². The summed E-state index contributed by atoms with van der Waals surface area (Å²) in [5.41, 5.74) is 4.39. The summed E-state index contributed by atoms with van der Waals surface area (Å²) >= 11 is 0. The second-order valence-electron chi connectivity index (χ2n) is 6.06. The molecule has 1 aliphatic rings. The molecule has 3 rings (SSSR count). The van der Waals surface area contributed by atoms with Gasteiger partial charge in [0.05, 0.1) is 0 Å². The fourth-order valence-corrected chi connectivity index (χ4v) is 2.70. The molecule has 0 fully saturated rings. The van der Waals surface area contributed by atoms with Crippen molar-refractivity contribution < 1.29 is 4.74 Å². The van der Waals surface area contributed by atoms with Crippen LogP contribution in [-0.4, -0.2) is 5.60 Å². The molecule has 1 aliphatic heterocycles. The topological polar surface area (TPSA) is 21.3 Å². The van der Waals surface area contributed by atoms with Gasteiger partial charge >= 0.3 is 0 Å². The molecule has 0 spiro atoms. The van der Waals surface area contributed by atoms with E-state index in [2.05, 4.69) is 43.3 Å². The van der Waals surface area contributed by atoms with Crippen LogP contribution >= 0.6 is 0 Å². The van der Waals surface area contributed by atoms with Crippen LogP contribution in [0.15, 0.2) is 42.5 Å². The Bertz CT molecular complexity index is 710. The van der Waals surface area contributed by atoms with Gasteiger partial charge in [0.2, 0.25) is 0 Å². The first kappa shape index (κ1) is 13.6. The first-order valence-corrected chi connectivity index (χ1v) is 7.17. The summed E-state index contributed by atoms with van der Waals surface area (Å²) in [5, 5.41) is 3.41. The second kappa shape index (κ2) is 5.18. The highest BCUT2D eigenvalue weighted by atomic mass is 16.5. The van der Waals surface area contributed by atoms with Gasteiger partial charge in [0.25, 0.3) is 0 Å². The quantitative estimate of drug-likeness (QED) is 0.856.